The standard InChI is InChI=1S/C15H30N2/c1-3-14(4-2)10-11-17(13-14)15(12-16)8-6-5-7-9-15/h3-13,16H2,1-2H3. The van der Waals surface area contributed by atoms with E-state index < -0.39 is 0 Å². The molecule has 0 unspecified atom stereocenters. The molecule has 0 aromatic heterocycles. The van der Waals surface area contributed by atoms with E-state index in [1.54, 1.807) is 0 Å². The van der Waals surface area contributed by atoms with Crippen molar-refractivity contribution >= 4 is 0 Å². The van der Waals surface area contributed by atoms with Crippen molar-refractivity contribution in [3.63, 3.8) is 0 Å². The lowest BCUT2D eigenvalue weighted by Crippen LogP contribution is -2.54. The number of likely N-dealkylation sites (tertiary alicyclic amines) is 1. The van der Waals surface area contributed by atoms with Gasteiger partial charge < -0.3 is 5.73 Å². The molecular formula is C15H30N2. The highest BCUT2D eigenvalue weighted by Gasteiger charge is 2.44. The van der Waals surface area contributed by atoms with Crippen LogP contribution >= 0.6 is 0 Å². The van der Waals surface area contributed by atoms with Gasteiger partial charge in [-0.25, -0.2) is 0 Å². The average molecular weight is 238 g/mol. The minimum absolute atomic E-state index is 0.365. The van der Waals surface area contributed by atoms with Crippen LogP contribution < -0.4 is 5.73 Å². The van der Waals surface area contributed by atoms with Gasteiger partial charge in [0.2, 0.25) is 0 Å². The Labute approximate surface area is 107 Å². The summed E-state index contributed by atoms with van der Waals surface area (Å²) in [6.45, 7) is 8.19. The molecule has 1 aliphatic carbocycles. The molecule has 0 radical (unpaired) electrons. The Morgan fingerprint density at radius 2 is 1.65 bits per heavy atom. The summed E-state index contributed by atoms with van der Waals surface area (Å²) < 4.78 is 0. The molecule has 1 saturated carbocycles. The number of hydrogen-bond acceptors (Lipinski definition) is 2. The van der Waals surface area contributed by atoms with Crippen molar-refractivity contribution in [2.75, 3.05) is 19.6 Å². The minimum Gasteiger partial charge on any atom is -0.329 e. The zero-order valence-corrected chi connectivity index (χ0v) is 11.8. The second kappa shape index (κ2) is 5.27. The van der Waals surface area contributed by atoms with Crippen molar-refractivity contribution in [2.24, 2.45) is 11.1 Å². The lowest BCUT2D eigenvalue weighted by molar-refractivity contribution is 0.0661. The third-order valence-electron chi connectivity index (χ3n) is 5.77. The van der Waals surface area contributed by atoms with Gasteiger partial charge in [0.05, 0.1) is 0 Å². The Morgan fingerprint density at radius 3 is 2.12 bits per heavy atom. The summed E-state index contributed by atoms with van der Waals surface area (Å²) in [5.41, 5.74) is 7.11. The third kappa shape index (κ3) is 2.39. The Balaban J connectivity index is 2.07. The lowest BCUT2D eigenvalue weighted by Gasteiger charge is -2.45. The summed E-state index contributed by atoms with van der Waals surface area (Å²) in [5.74, 6) is 0. The maximum Gasteiger partial charge on any atom is 0.0331 e. The van der Waals surface area contributed by atoms with Gasteiger partial charge in [0.1, 0.15) is 0 Å². The maximum atomic E-state index is 6.15. The van der Waals surface area contributed by atoms with Crippen LogP contribution in [0.15, 0.2) is 0 Å². The van der Waals surface area contributed by atoms with Crippen molar-refractivity contribution in [1.29, 1.82) is 0 Å². The van der Waals surface area contributed by atoms with Gasteiger partial charge in [-0.05, 0) is 44.1 Å². The van der Waals surface area contributed by atoms with Gasteiger partial charge in [-0.1, -0.05) is 33.1 Å². The summed E-state index contributed by atoms with van der Waals surface area (Å²) in [4.78, 5) is 2.76. The molecule has 0 amide bonds. The van der Waals surface area contributed by atoms with Gasteiger partial charge in [0.15, 0.2) is 0 Å². The second-order valence-corrected chi connectivity index (χ2v) is 6.37. The van der Waals surface area contributed by atoms with Crippen LogP contribution in [0.4, 0.5) is 0 Å². The van der Waals surface area contributed by atoms with Crippen LogP contribution in [-0.2, 0) is 0 Å². The van der Waals surface area contributed by atoms with Crippen LogP contribution in [-0.4, -0.2) is 30.1 Å². The van der Waals surface area contributed by atoms with E-state index in [1.165, 1.54) is 64.5 Å². The zero-order valence-electron chi connectivity index (χ0n) is 11.8. The average Bonchev–Trinajstić information content (AvgIpc) is 2.85. The van der Waals surface area contributed by atoms with Crippen molar-refractivity contribution < 1.29 is 0 Å². The Morgan fingerprint density at radius 1 is 1.00 bits per heavy atom. The van der Waals surface area contributed by atoms with Crippen LogP contribution in [0.2, 0.25) is 0 Å². The first-order chi connectivity index (χ1) is 8.20. The second-order valence-electron chi connectivity index (χ2n) is 6.37. The fraction of sp³-hybridized carbons (Fsp3) is 1.00. The molecule has 2 heteroatoms. The topological polar surface area (TPSA) is 29.3 Å². The Kier molecular flexibility index (Phi) is 4.14. The van der Waals surface area contributed by atoms with E-state index in [0.717, 1.165) is 6.54 Å². The number of nitrogens with zero attached hydrogens (tertiary/aromatic N) is 1. The molecule has 100 valence electrons. The fourth-order valence-corrected chi connectivity index (χ4v) is 4.03. The van der Waals surface area contributed by atoms with Crippen molar-refractivity contribution in [1.82, 2.24) is 4.90 Å². The molecule has 2 fully saturated rings. The molecule has 1 saturated heterocycles. The molecule has 1 aliphatic heterocycles. The van der Waals surface area contributed by atoms with Crippen molar-refractivity contribution in [3.8, 4) is 0 Å². The Hall–Kier alpha value is -0.0800. The van der Waals surface area contributed by atoms with Crippen LogP contribution in [0.25, 0.3) is 0 Å². The first-order valence-electron chi connectivity index (χ1n) is 7.65. The predicted octanol–water partition coefficient (Wildman–Crippen LogP) is 3.16. The molecule has 0 aromatic rings. The first kappa shape index (κ1) is 13.4. The molecule has 2 rings (SSSR count). The molecule has 0 aromatic carbocycles. The molecule has 17 heavy (non-hydrogen) atoms. The van der Waals surface area contributed by atoms with Gasteiger partial charge in [-0.2, -0.15) is 0 Å². The molecule has 0 bridgehead atoms. The normalized spacial score (nSPS) is 28.4. The van der Waals surface area contributed by atoms with Crippen LogP contribution in [0.1, 0.15) is 65.2 Å². The molecular weight excluding hydrogens is 208 g/mol. The van der Waals surface area contributed by atoms with Gasteiger partial charge >= 0.3 is 0 Å². The highest BCUT2D eigenvalue weighted by Crippen LogP contribution is 2.43. The molecule has 2 aliphatic rings. The molecule has 2 nitrogen and oxygen atoms in total. The summed E-state index contributed by atoms with van der Waals surface area (Å²) in [7, 11) is 0. The highest BCUT2D eigenvalue weighted by atomic mass is 15.2. The maximum absolute atomic E-state index is 6.15. The fourth-order valence-electron chi connectivity index (χ4n) is 4.03. The van der Waals surface area contributed by atoms with Crippen molar-refractivity contribution in [3.05, 3.63) is 0 Å². The van der Waals surface area contributed by atoms with E-state index in [-0.39, 0.29) is 0 Å². The van der Waals surface area contributed by atoms with Crippen LogP contribution in [0, 0.1) is 5.41 Å². The smallest absolute Gasteiger partial charge is 0.0331 e. The van der Waals surface area contributed by atoms with E-state index >= 15 is 0 Å². The molecule has 0 spiro atoms. The SMILES string of the molecule is CCC1(CC)CCN(C2(CN)CCCCC2)C1. The van der Waals surface area contributed by atoms with E-state index in [1.807, 2.05) is 0 Å². The molecule has 1 heterocycles. The molecule has 0 atom stereocenters. The summed E-state index contributed by atoms with van der Waals surface area (Å²) in [5, 5.41) is 0. The molecule has 2 N–H and O–H groups in total. The summed E-state index contributed by atoms with van der Waals surface area (Å²) in [6.07, 6.45) is 10.9. The van der Waals surface area contributed by atoms with Crippen molar-refractivity contribution in [2.45, 2.75) is 70.8 Å². The third-order valence-corrected chi connectivity index (χ3v) is 5.77. The van der Waals surface area contributed by atoms with Gasteiger partial charge in [0, 0.05) is 18.6 Å². The largest absolute Gasteiger partial charge is 0.329 e. The number of rotatable bonds is 4. The predicted molar refractivity (Wildman–Crippen MR) is 74.1 cm³/mol. The van der Waals surface area contributed by atoms with E-state index in [9.17, 15) is 0 Å². The summed E-state index contributed by atoms with van der Waals surface area (Å²) >= 11 is 0. The van der Waals surface area contributed by atoms with E-state index in [2.05, 4.69) is 18.7 Å². The van der Waals surface area contributed by atoms with Crippen LogP contribution in [0.5, 0.6) is 0 Å². The van der Waals surface area contributed by atoms with Crippen LogP contribution in [0.3, 0.4) is 0 Å². The first-order valence-corrected chi connectivity index (χ1v) is 7.65. The Bertz CT molecular complexity index is 239. The summed E-state index contributed by atoms with van der Waals surface area (Å²) in [6, 6.07) is 0. The number of nitrogens with two attached hydrogens (primary N) is 1. The van der Waals surface area contributed by atoms with Gasteiger partial charge in [-0.3, -0.25) is 4.90 Å². The van der Waals surface area contributed by atoms with E-state index in [0.29, 0.717) is 11.0 Å². The van der Waals surface area contributed by atoms with E-state index in [4.69, 9.17) is 5.73 Å². The number of hydrogen-bond donors (Lipinski definition) is 1. The van der Waals surface area contributed by atoms with Gasteiger partial charge in [0.25, 0.3) is 0 Å². The van der Waals surface area contributed by atoms with Gasteiger partial charge in [-0.15, -0.1) is 0 Å². The lowest BCUT2D eigenvalue weighted by atomic mass is 9.79. The quantitative estimate of drug-likeness (QED) is 0.815. The zero-order chi connectivity index (χ0) is 12.4. The minimum atomic E-state index is 0.365. The highest BCUT2D eigenvalue weighted by molar-refractivity contribution is 5.00. The monoisotopic (exact) mass is 238 g/mol.